The summed E-state index contributed by atoms with van der Waals surface area (Å²) in [5.41, 5.74) is -0.176. The molecule has 1 aromatic carbocycles. The second kappa shape index (κ2) is 11.0. The highest BCUT2D eigenvalue weighted by molar-refractivity contribution is 5.78. The van der Waals surface area contributed by atoms with Crippen LogP contribution in [0.15, 0.2) is 41.2 Å². The van der Waals surface area contributed by atoms with Crippen LogP contribution in [0, 0.1) is 0 Å². The quantitative estimate of drug-likeness (QED) is 0.394. The van der Waals surface area contributed by atoms with Gasteiger partial charge in [0.25, 0.3) is 11.8 Å². The van der Waals surface area contributed by atoms with Crippen molar-refractivity contribution in [2.75, 3.05) is 6.61 Å². The van der Waals surface area contributed by atoms with E-state index in [9.17, 15) is 24.0 Å². The zero-order valence-electron chi connectivity index (χ0n) is 19.5. The topological polar surface area (TPSA) is 146 Å². The molecule has 1 aliphatic heterocycles. The van der Waals surface area contributed by atoms with Gasteiger partial charge in [0.1, 0.15) is 12.7 Å². The summed E-state index contributed by atoms with van der Waals surface area (Å²) in [4.78, 5) is 65.6. The van der Waals surface area contributed by atoms with Crippen molar-refractivity contribution in [2.45, 2.75) is 58.4 Å². The van der Waals surface area contributed by atoms with E-state index in [0.29, 0.717) is 10.9 Å². The molecule has 2 aromatic rings. The number of benzene rings is 1. The molecule has 1 aromatic heterocycles. The molecule has 0 amide bonds. The van der Waals surface area contributed by atoms with Crippen LogP contribution in [-0.4, -0.2) is 65.9 Å². The van der Waals surface area contributed by atoms with Crippen LogP contribution < -0.4 is 10.4 Å². The second-order valence-electron chi connectivity index (χ2n) is 7.70. The number of carbonyl (C=O) groups excluding carboxylic acids is 4. The minimum Gasteiger partial charge on any atom is -0.463 e. The van der Waals surface area contributed by atoms with Gasteiger partial charge in [-0.05, 0) is 12.1 Å². The lowest BCUT2D eigenvalue weighted by Crippen LogP contribution is -2.64. The zero-order valence-corrected chi connectivity index (χ0v) is 19.5. The fourth-order valence-electron chi connectivity index (χ4n) is 3.65. The highest BCUT2D eigenvalue weighted by atomic mass is 16.8. The third-order valence-corrected chi connectivity index (χ3v) is 4.92. The molecule has 1 saturated heterocycles. The summed E-state index contributed by atoms with van der Waals surface area (Å²) >= 11 is 0. The number of hydrogen-bond donors (Lipinski definition) is 0. The van der Waals surface area contributed by atoms with Gasteiger partial charge in [0.05, 0.1) is 5.52 Å². The average Bonchev–Trinajstić information content (AvgIpc) is 2.77. The van der Waals surface area contributed by atoms with Crippen molar-refractivity contribution < 1.29 is 47.7 Å². The molecule has 0 bridgehead atoms. The Kier molecular flexibility index (Phi) is 8.07. The van der Waals surface area contributed by atoms with Gasteiger partial charge in [-0.2, -0.15) is 0 Å². The van der Waals surface area contributed by atoms with Crippen LogP contribution in [-0.2, 0) is 42.9 Å². The van der Waals surface area contributed by atoms with Gasteiger partial charge in [0, 0.05) is 39.1 Å². The lowest BCUT2D eigenvalue weighted by atomic mass is 9.98. The number of esters is 4. The Morgan fingerprint density at radius 3 is 2.03 bits per heavy atom. The first-order valence-corrected chi connectivity index (χ1v) is 10.6. The van der Waals surface area contributed by atoms with Gasteiger partial charge in [0.15, 0.2) is 12.2 Å². The number of pyridine rings is 1. The summed E-state index contributed by atoms with van der Waals surface area (Å²) in [6.45, 7) is 4.09. The number of fused-ring (bicyclic) bond motifs is 1. The van der Waals surface area contributed by atoms with Crippen molar-refractivity contribution in [1.29, 1.82) is 0 Å². The van der Waals surface area contributed by atoms with Crippen LogP contribution >= 0.6 is 0 Å². The number of aromatic nitrogens is 1. The van der Waals surface area contributed by atoms with Crippen LogP contribution in [0.1, 0.15) is 27.7 Å². The van der Waals surface area contributed by atoms with Crippen LogP contribution in [0.4, 0.5) is 0 Å². The lowest BCUT2D eigenvalue weighted by Gasteiger charge is -2.43. The Hall–Kier alpha value is -3.93. The van der Waals surface area contributed by atoms with E-state index in [-0.39, 0.29) is 0 Å². The van der Waals surface area contributed by atoms with Crippen molar-refractivity contribution >= 4 is 34.8 Å². The lowest BCUT2D eigenvalue weighted by molar-refractivity contribution is -0.307. The molecule has 0 aliphatic carbocycles. The van der Waals surface area contributed by atoms with E-state index in [4.69, 9.17) is 28.5 Å². The Morgan fingerprint density at radius 2 is 1.40 bits per heavy atom. The molecule has 12 nitrogen and oxygen atoms in total. The highest BCUT2D eigenvalue weighted by Crippen LogP contribution is 2.29. The van der Waals surface area contributed by atoms with Gasteiger partial charge >= 0.3 is 23.9 Å². The van der Waals surface area contributed by atoms with Crippen molar-refractivity contribution in [3.05, 3.63) is 46.8 Å². The molecule has 0 saturated carbocycles. The molecule has 0 N–H and O–H groups in total. The summed E-state index contributed by atoms with van der Waals surface area (Å²) in [6.07, 6.45) is -6.93. The third kappa shape index (κ3) is 6.35. The molecule has 1 fully saturated rings. The highest BCUT2D eigenvalue weighted by Gasteiger charge is 2.53. The maximum Gasteiger partial charge on any atom is 0.303 e. The predicted molar refractivity (Wildman–Crippen MR) is 117 cm³/mol. The summed E-state index contributed by atoms with van der Waals surface area (Å²) in [6, 6.07) is 9.71. The van der Waals surface area contributed by atoms with Crippen molar-refractivity contribution in [1.82, 2.24) is 4.73 Å². The first-order chi connectivity index (χ1) is 16.6. The largest absolute Gasteiger partial charge is 0.463 e. The van der Waals surface area contributed by atoms with Crippen LogP contribution in [0.5, 0.6) is 0 Å². The molecule has 35 heavy (non-hydrogen) atoms. The van der Waals surface area contributed by atoms with E-state index in [1.165, 1.54) is 13.0 Å². The Morgan fingerprint density at radius 1 is 0.800 bits per heavy atom. The van der Waals surface area contributed by atoms with Gasteiger partial charge in [-0.3, -0.25) is 24.0 Å². The SMILES string of the molecule is CC(=O)OC[C@H]1OC(On2c(=O)ccc3ccccc32)[C@H](OC(C)=O)[C@@H](OC(C)=O)[C@@H]1OC(C)=O. The summed E-state index contributed by atoms with van der Waals surface area (Å²) in [5.74, 6) is -2.97. The van der Waals surface area contributed by atoms with Crippen LogP contribution in [0.3, 0.4) is 0 Å². The molecule has 188 valence electrons. The molecule has 2 heterocycles. The summed E-state index contributed by atoms with van der Waals surface area (Å²) in [5, 5.41) is 0.665. The molecule has 3 rings (SSSR count). The summed E-state index contributed by atoms with van der Waals surface area (Å²) in [7, 11) is 0. The number of para-hydroxylation sites is 1. The number of ether oxygens (including phenoxy) is 5. The molecule has 0 radical (unpaired) electrons. The van der Waals surface area contributed by atoms with Crippen molar-refractivity contribution in [3.63, 3.8) is 0 Å². The van der Waals surface area contributed by atoms with Gasteiger partial charge in [-0.1, -0.05) is 18.2 Å². The van der Waals surface area contributed by atoms with Crippen molar-refractivity contribution in [2.24, 2.45) is 0 Å². The fourth-order valence-corrected chi connectivity index (χ4v) is 3.65. The Balaban J connectivity index is 2.08. The minimum atomic E-state index is -1.53. The van der Waals surface area contributed by atoms with E-state index < -0.39 is 66.7 Å². The van der Waals surface area contributed by atoms with Crippen molar-refractivity contribution in [3.8, 4) is 0 Å². The molecule has 1 unspecified atom stereocenters. The molecule has 1 aliphatic rings. The normalized spacial score (nSPS) is 23.7. The number of nitrogens with zero attached hydrogens (tertiary/aromatic N) is 1. The molecular weight excluding hydrogens is 466 g/mol. The maximum atomic E-state index is 12.7. The first-order valence-electron chi connectivity index (χ1n) is 10.6. The summed E-state index contributed by atoms with van der Waals surface area (Å²) < 4.78 is 27.9. The Bertz CT molecular complexity index is 1170. The minimum absolute atomic E-state index is 0.382. The number of carbonyl (C=O) groups is 4. The Labute approximate surface area is 199 Å². The predicted octanol–water partition coefficient (Wildman–Crippen LogP) is 0.513. The number of rotatable bonds is 7. The molecule has 12 heteroatoms. The monoisotopic (exact) mass is 491 g/mol. The van der Waals surface area contributed by atoms with E-state index in [2.05, 4.69) is 0 Å². The first kappa shape index (κ1) is 25.7. The van der Waals surface area contributed by atoms with E-state index in [0.717, 1.165) is 25.5 Å². The van der Waals surface area contributed by atoms with Gasteiger partial charge in [-0.25, -0.2) is 0 Å². The zero-order chi connectivity index (χ0) is 25.7. The molecule has 5 atom stereocenters. The van der Waals surface area contributed by atoms with Gasteiger partial charge in [0.2, 0.25) is 6.10 Å². The molecule has 0 spiro atoms. The standard InChI is InChI=1S/C23H25NO11/c1-12(25)30-11-18-20(31-13(2)26)21(32-14(3)27)22(33-15(4)28)23(34-18)35-24-17-8-6-5-7-16(17)9-10-19(24)29/h5-10,18,20-23H,11H2,1-4H3/t18-,20-,21+,22-,23?/m1/s1. The van der Waals surface area contributed by atoms with E-state index in [1.54, 1.807) is 30.3 Å². The molecular formula is C23H25NO11. The van der Waals surface area contributed by atoms with Gasteiger partial charge in [-0.15, -0.1) is 4.73 Å². The van der Waals surface area contributed by atoms with Gasteiger partial charge < -0.3 is 28.5 Å². The van der Waals surface area contributed by atoms with Crippen LogP contribution in [0.2, 0.25) is 0 Å². The second-order valence-corrected chi connectivity index (χ2v) is 7.70. The smallest absolute Gasteiger partial charge is 0.303 e. The maximum absolute atomic E-state index is 12.7. The van der Waals surface area contributed by atoms with E-state index in [1.807, 2.05) is 0 Å². The number of hydrogen-bond acceptors (Lipinski definition) is 11. The third-order valence-electron chi connectivity index (χ3n) is 4.92. The van der Waals surface area contributed by atoms with Crippen LogP contribution in [0.25, 0.3) is 10.9 Å². The van der Waals surface area contributed by atoms with E-state index >= 15 is 0 Å². The average molecular weight is 491 g/mol. The fraction of sp³-hybridized carbons (Fsp3) is 0.435.